The fraction of sp³-hybridized carbons (Fsp3) is 0.222. The summed E-state index contributed by atoms with van der Waals surface area (Å²) in [5.74, 6) is -0.616. The number of hydroxylamine groups is 1. The second-order valence-electron chi connectivity index (χ2n) is 8.72. The molecule has 5 rings (SSSR count). The molecule has 0 radical (unpaired) electrons. The number of carbonyl (C=O) groups excluding carboxylic acids is 1. The summed E-state index contributed by atoms with van der Waals surface area (Å²) in [4.78, 5) is 40.9. The highest BCUT2D eigenvalue weighted by Gasteiger charge is 2.16. The lowest BCUT2D eigenvalue weighted by Gasteiger charge is -2.26. The van der Waals surface area contributed by atoms with Crippen LogP contribution in [0.15, 0.2) is 82.4 Å². The summed E-state index contributed by atoms with van der Waals surface area (Å²) < 4.78 is 8.16. The molecule has 36 heavy (non-hydrogen) atoms. The first-order chi connectivity index (χ1) is 17.5. The molecule has 1 saturated heterocycles. The Labute approximate surface area is 206 Å². The van der Waals surface area contributed by atoms with E-state index in [0.717, 1.165) is 44.0 Å². The zero-order valence-electron chi connectivity index (χ0n) is 19.6. The number of aromatic nitrogens is 2. The normalized spacial score (nSPS) is 14.1. The Morgan fingerprint density at radius 1 is 0.861 bits per heavy atom. The molecule has 1 fully saturated rings. The minimum atomic E-state index is -0.616. The first-order valence-electron chi connectivity index (χ1n) is 11.7. The van der Waals surface area contributed by atoms with Crippen LogP contribution in [0.4, 0.5) is 0 Å². The van der Waals surface area contributed by atoms with E-state index >= 15 is 0 Å². The molecule has 0 atom stereocenters. The van der Waals surface area contributed by atoms with Crippen LogP contribution in [0.5, 0.6) is 0 Å². The third-order valence-corrected chi connectivity index (χ3v) is 6.41. The standard InChI is InChI=1S/C27H26N4O5/c32-25(28-35)21-9-5-20(6-10-21)18-30-24-4-2-1-3-23(24)26(33)31(27(30)34)22-11-7-19(8-12-22)17-29-13-15-36-16-14-29/h1-12,35H,13-18H2,(H,28,32). The van der Waals surface area contributed by atoms with Gasteiger partial charge in [-0.2, -0.15) is 0 Å². The predicted octanol–water partition coefficient (Wildman–Crippen LogP) is 2.15. The molecule has 3 aromatic carbocycles. The molecule has 0 aliphatic carbocycles. The van der Waals surface area contributed by atoms with Gasteiger partial charge >= 0.3 is 5.69 Å². The Morgan fingerprint density at radius 2 is 1.50 bits per heavy atom. The smallest absolute Gasteiger partial charge is 0.336 e. The number of benzene rings is 3. The molecule has 0 saturated carbocycles. The van der Waals surface area contributed by atoms with Gasteiger partial charge in [0.2, 0.25) is 0 Å². The van der Waals surface area contributed by atoms with Crippen molar-refractivity contribution in [3.05, 3.63) is 110 Å². The Balaban J connectivity index is 1.52. The van der Waals surface area contributed by atoms with Crippen LogP contribution in [0.2, 0.25) is 0 Å². The molecule has 4 aromatic rings. The van der Waals surface area contributed by atoms with Gasteiger partial charge in [-0.05, 0) is 47.5 Å². The van der Waals surface area contributed by atoms with E-state index in [1.165, 1.54) is 4.57 Å². The van der Waals surface area contributed by atoms with Crippen molar-refractivity contribution in [3.63, 3.8) is 0 Å². The molecule has 2 N–H and O–H groups in total. The minimum Gasteiger partial charge on any atom is -0.379 e. The molecule has 0 spiro atoms. The van der Waals surface area contributed by atoms with Gasteiger partial charge in [0.25, 0.3) is 11.5 Å². The average molecular weight is 487 g/mol. The molecule has 184 valence electrons. The number of hydrogen-bond donors (Lipinski definition) is 2. The lowest BCUT2D eigenvalue weighted by atomic mass is 10.1. The topological polar surface area (TPSA) is 106 Å². The number of amides is 1. The summed E-state index contributed by atoms with van der Waals surface area (Å²) in [6, 6.07) is 21.1. The van der Waals surface area contributed by atoms with E-state index in [2.05, 4.69) is 4.90 Å². The Morgan fingerprint density at radius 3 is 2.19 bits per heavy atom. The van der Waals surface area contributed by atoms with Crippen molar-refractivity contribution in [3.8, 4) is 5.69 Å². The van der Waals surface area contributed by atoms with Gasteiger partial charge in [-0.1, -0.05) is 36.4 Å². The number of ether oxygens (including phenoxy) is 1. The Bertz CT molecular complexity index is 1500. The summed E-state index contributed by atoms with van der Waals surface area (Å²) in [5.41, 5.74) is 3.98. The average Bonchev–Trinajstić information content (AvgIpc) is 2.92. The van der Waals surface area contributed by atoms with Gasteiger partial charge in [0.1, 0.15) is 0 Å². The maximum absolute atomic E-state index is 13.6. The second kappa shape index (κ2) is 10.3. The van der Waals surface area contributed by atoms with Crippen LogP contribution in [0, 0.1) is 0 Å². The highest BCUT2D eigenvalue weighted by Crippen LogP contribution is 2.15. The molecule has 1 aliphatic rings. The summed E-state index contributed by atoms with van der Waals surface area (Å²) in [6.07, 6.45) is 0. The van der Waals surface area contributed by atoms with E-state index < -0.39 is 11.6 Å². The number of fused-ring (bicyclic) bond motifs is 1. The van der Waals surface area contributed by atoms with Crippen LogP contribution in [0.3, 0.4) is 0 Å². The zero-order chi connectivity index (χ0) is 25.1. The van der Waals surface area contributed by atoms with Gasteiger partial charge in [-0.25, -0.2) is 14.8 Å². The highest BCUT2D eigenvalue weighted by atomic mass is 16.5. The Kier molecular flexibility index (Phi) is 6.77. The van der Waals surface area contributed by atoms with Gasteiger partial charge < -0.3 is 4.74 Å². The number of rotatable bonds is 6. The summed E-state index contributed by atoms with van der Waals surface area (Å²) in [5, 5.41) is 9.26. The second-order valence-corrected chi connectivity index (χ2v) is 8.72. The molecule has 2 heterocycles. The zero-order valence-corrected chi connectivity index (χ0v) is 19.6. The van der Waals surface area contributed by atoms with Crippen LogP contribution in [0.1, 0.15) is 21.5 Å². The number of carbonyl (C=O) groups is 1. The van der Waals surface area contributed by atoms with Crippen LogP contribution >= 0.6 is 0 Å². The maximum Gasteiger partial charge on any atom is 0.336 e. The van der Waals surface area contributed by atoms with Gasteiger partial charge in [0, 0.05) is 25.2 Å². The van der Waals surface area contributed by atoms with Crippen molar-refractivity contribution in [2.24, 2.45) is 0 Å². The van der Waals surface area contributed by atoms with Crippen molar-refractivity contribution < 1.29 is 14.7 Å². The van der Waals surface area contributed by atoms with E-state index in [0.29, 0.717) is 22.2 Å². The van der Waals surface area contributed by atoms with E-state index in [4.69, 9.17) is 9.94 Å². The minimum absolute atomic E-state index is 0.204. The molecular weight excluding hydrogens is 460 g/mol. The number of nitrogens with zero attached hydrogens (tertiary/aromatic N) is 3. The summed E-state index contributed by atoms with van der Waals surface area (Å²) >= 11 is 0. The lowest BCUT2D eigenvalue weighted by Crippen LogP contribution is -2.39. The van der Waals surface area contributed by atoms with Gasteiger partial charge in [0.05, 0.1) is 36.3 Å². The molecule has 9 nitrogen and oxygen atoms in total. The molecule has 0 bridgehead atoms. The number of nitrogens with one attached hydrogen (secondary N) is 1. The highest BCUT2D eigenvalue weighted by molar-refractivity contribution is 5.93. The quantitative estimate of drug-likeness (QED) is 0.320. The van der Waals surface area contributed by atoms with Gasteiger partial charge in [0.15, 0.2) is 0 Å². The van der Waals surface area contributed by atoms with Crippen LogP contribution in [-0.2, 0) is 17.8 Å². The predicted molar refractivity (Wildman–Crippen MR) is 135 cm³/mol. The third-order valence-electron chi connectivity index (χ3n) is 6.41. The number of hydrogen-bond acceptors (Lipinski definition) is 6. The van der Waals surface area contributed by atoms with Crippen LogP contribution < -0.4 is 16.7 Å². The molecule has 1 aromatic heterocycles. The fourth-order valence-electron chi connectivity index (χ4n) is 4.48. The van der Waals surface area contributed by atoms with Crippen molar-refractivity contribution in [2.45, 2.75) is 13.1 Å². The van der Waals surface area contributed by atoms with Gasteiger partial charge in [-0.3, -0.25) is 24.3 Å². The maximum atomic E-state index is 13.6. The molecule has 1 aliphatic heterocycles. The van der Waals surface area contributed by atoms with E-state index in [9.17, 15) is 14.4 Å². The van der Waals surface area contributed by atoms with E-state index in [-0.39, 0.29) is 12.1 Å². The number of morpholine rings is 1. The third kappa shape index (κ3) is 4.72. The number of para-hydroxylation sites is 1. The first kappa shape index (κ1) is 23.7. The molecular formula is C27H26N4O5. The largest absolute Gasteiger partial charge is 0.379 e. The van der Waals surface area contributed by atoms with E-state index in [1.54, 1.807) is 70.7 Å². The summed E-state index contributed by atoms with van der Waals surface area (Å²) in [6.45, 7) is 4.19. The van der Waals surface area contributed by atoms with Crippen molar-refractivity contribution >= 4 is 16.8 Å². The monoisotopic (exact) mass is 486 g/mol. The van der Waals surface area contributed by atoms with Crippen LogP contribution in [0.25, 0.3) is 16.6 Å². The first-order valence-corrected chi connectivity index (χ1v) is 11.7. The van der Waals surface area contributed by atoms with Crippen molar-refractivity contribution in [2.75, 3.05) is 26.3 Å². The fourth-order valence-corrected chi connectivity index (χ4v) is 4.48. The van der Waals surface area contributed by atoms with Crippen molar-refractivity contribution in [1.29, 1.82) is 0 Å². The molecule has 0 unspecified atom stereocenters. The van der Waals surface area contributed by atoms with Gasteiger partial charge in [-0.15, -0.1) is 0 Å². The van der Waals surface area contributed by atoms with Crippen molar-refractivity contribution in [1.82, 2.24) is 19.5 Å². The Hall–Kier alpha value is -4.05. The van der Waals surface area contributed by atoms with E-state index in [1.807, 2.05) is 12.1 Å². The summed E-state index contributed by atoms with van der Waals surface area (Å²) in [7, 11) is 0. The lowest BCUT2D eigenvalue weighted by molar-refractivity contribution is 0.0342. The SMILES string of the molecule is O=C(NO)c1ccc(Cn2c(=O)n(-c3ccc(CN4CCOCC4)cc3)c(=O)c3ccccc32)cc1. The molecule has 1 amide bonds. The van der Waals surface area contributed by atoms with Crippen LogP contribution in [-0.4, -0.2) is 51.5 Å². The molecule has 9 heteroatoms.